The number of alkyl halides is 2. The molecule has 26 heavy (non-hydrogen) atoms. The Hall–Kier alpha value is -1.02. The van der Waals surface area contributed by atoms with Crippen molar-refractivity contribution in [1.29, 1.82) is 0 Å². The van der Waals surface area contributed by atoms with E-state index in [-0.39, 0.29) is 10.8 Å². The first-order chi connectivity index (χ1) is 12.6. The second-order valence-electron chi connectivity index (χ2n) is 7.61. The molecule has 3 heteroatoms. The predicted molar refractivity (Wildman–Crippen MR) is 113 cm³/mol. The van der Waals surface area contributed by atoms with Gasteiger partial charge in [0.05, 0.1) is 5.38 Å². The van der Waals surface area contributed by atoms with Crippen LogP contribution in [0.2, 0.25) is 0 Å². The number of benzene rings is 2. The van der Waals surface area contributed by atoms with Gasteiger partial charge in [0.25, 0.3) is 0 Å². The quantitative estimate of drug-likeness (QED) is 0.506. The van der Waals surface area contributed by atoms with Crippen molar-refractivity contribution < 1.29 is 0 Å². The topological polar surface area (TPSA) is 3.24 Å². The molecule has 0 bridgehead atoms. The number of hydrogen-bond donors (Lipinski definition) is 0. The summed E-state index contributed by atoms with van der Waals surface area (Å²) in [7, 11) is 2.20. The monoisotopic (exact) mass is 389 g/mol. The van der Waals surface area contributed by atoms with Crippen LogP contribution in [0.15, 0.2) is 54.6 Å². The lowest BCUT2D eigenvalue weighted by Gasteiger charge is -2.29. The van der Waals surface area contributed by atoms with E-state index in [1.54, 1.807) is 0 Å². The zero-order valence-electron chi connectivity index (χ0n) is 15.6. The van der Waals surface area contributed by atoms with Gasteiger partial charge in [-0.25, -0.2) is 0 Å². The number of nitrogens with zero attached hydrogens (tertiary/aromatic N) is 1. The molecule has 0 N–H and O–H groups in total. The van der Waals surface area contributed by atoms with Crippen molar-refractivity contribution in [3.8, 4) is 0 Å². The van der Waals surface area contributed by atoms with Crippen molar-refractivity contribution in [2.75, 3.05) is 13.6 Å². The van der Waals surface area contributed by atoms with E-state index >= 15 is 0 Å². The third-order valence-electron chi connectivity index (χ3n) is 5.44. The lowest BCUT2D eigenvalue weighted by atomic mass is 9.83. The molecule has 0 aromatic heterocycles. The Bertz CT molecular complexity index is 656. The summed E-state index contributed by atoms with van der Waals surface area (Å²) in [5, 5.41) is 0.246. The zero-order chi connectivity index (χ0) is 18.4. The van der Waals surface area contributed by atoms with Gasteiger partial charge < -0.3 is 4.90 Å². The molecule has 1 saturated carbocycles. The van der Waals surface area contributed by atoms with Gasteiger partial charge in [0.1, 0.15) is 0 Å². The van der Waals surface area contributed by atoms with Crippen molar-refractivity contribution in [1.82, 2.24) is 4.90 Å². The molecule has 1 fully saturated rings. The van der Waals surface area contributed by atoms with E-state index in [4.69, 9.17) is 23.2 Å². The molecule has 3 unspecified atom stereocenters. The standard InChI is InChI=1S/C23H29Cl2N/c1-26(17-19-6-3-2-4-7-19)15-5-8-18-9-11-20(12-10-18)21-13-14-22(24)23(25)16-21/h2-4,6-7,9-12,21-23H,5,8,13-17H2,1H3. The maximum atomic E-state index is 6.36. The highest BCUT2D eigenvalue weighted by molar-refractivity contribution is 6.30. The van der Waals surface area contributed by atoms with Crippen LogP contribution in [0.4, 0.5) is 0 Å². The minimum atomic E-state index is 0.107. The molecule has 2 aromatic carbocycles. The van der Waals surface area contributed by atoms with Crippen LogP contribution < -0.4 is 0 Å². The molecule has 0 aliphatic heterocycles. The van der Waals surface area contributed by atoms with Crippen LogP contribution in [0.25, 0.3) is 0 Å². The molecule has 3 atom stereocenters. The molecule has 3 rings (SSSR count). The van der Waals surface area contributed by atoms with E-state index in [1.807, 2.05) is 0 Å². The zero-order valence-corrected chi connectivity index (χ0v) is 17.1. The van der Waals surface area contributed by atoms with Gasteiger partial charge in [0, 0.05) is 11.9 Å². The average Bonchev–Trinajstić information content (AvgIpc) is 2.65. The lowest BCUT2D eigenvalue weighted by Crippen LogP contribution is -2.24. The van der Waals surface area contributed by atoms with Crippen LogP contribution in [-0.2, 0) is 13.0 Å². The fraction of sp³-hybridized carbons (Fsp3) is 0.478. The van der Waals surface area contributed by atoms with Crippen LogP contribution in [-0.4, -0.2) is 29.2 Å². The van der Waals surface area contributed by atoms with Gasteiger partial charge in [-0.05, 0) is 68.3 Å². The predicted octanol–water partition coefficient (Wildman–Crippen LogP) is 6.23. The Morgan fingerprint density at radius 2 is 1.62 bits per heavy atom. The lowest BCUT2D eigenvalue weighted by molar-refractivity contribution is 0.322. The average molecular weight is 390 g/mol. The van der Waals surface area contributed by atoms with Crippen molar-refractivity contribution in [3.05, 3.63) is 71.3 Å². The van der Waals surface area contributed by atoms with Crippen LogP contribution in [0.5, 0.6) is 0 Å². The van der Waals surface area contributed by atoms with Gasteiger partial charge in [-0.2, -0.15) is 0 Å². The SMILES string of the molecule is CN(CCCc1ccc(C2CCC(Cl)C(Cl)C2)cc1)Cc1ccccc1. The van der Waals surface area contributed by atoms with E-state index in [2.05, 4.69) is 66.5 Å². The first kappa shape index (κ1) is 19.7. The van der Waals surface area contributed by atoms with Crippen LogP contribution >= 0.6 is 23.2 Å². The third-order valence-corrected chi connectivity index (χ3v) is 6.58. The fourth-order valence-corrected chi connectivity index (χ4v) is 4.43. The molecule has 0 spiro atoms. The Morgan fingerprint density at radius 3 is 2.31 bits per heavy atom. The summed E-state index contributed by atoms with van der Waals surface area (Å²) in [5.74, 6) is 0.568. The maximum absolute atomic E-state index is 6.36. The number of hydrogen-bond acceptors (Lipinski definition) is 1. The minimum absolute atomic E-state index is 0.107. The van der Waals surface area contributed by atoms with Gasteiger partial charge >= 0.3 is 0 Å². The minimum Gasteiger partial charge on any atom is -0.302 e. The van der Waals surface area contributed by atoms with Crippen LogP contribution in [0.1, 0.15) is 48.3 Å². The first-order valence-corrected chi connectivity index (χ1v) is 10.6. The van der Waals surface area contributed by atoms with Gasteiger partial charge in [0.15, 0.2) is 0 Å². The molecule has 0 saturated heterocycles. The molecule has 1 nitrogen and oxygen atoms in total. The van der Waals surface area contributed by atoms with Crippen molar-refractivity contribution in [2.24, 2.45) is 0 Å². The highest BCUT2D eigenvalue weighted by atomic mass is 35.5. The molecular formula is C23H29Cl2N. The van der Waals surface area contributed by atoms with Crippen LogP contribution in [0.3, 0.4) is 0 Å². The van der Waals surface area contributed by atoms with E-state index < -0.39 is 0 Å². The van der Waals surface area contributed by atoms with E-state index in [9.17, 15) is 0 Å². The molecule has 2 aromatic rings. The molecule has 140 valence electrons. The summed E-state index contributed by atoms with van der Waals surface area (Å²) in [6, 6.07) is 19.9. The van der Waals surface area contributed by atoms with E-state index in [1.165, 1.54) is 23.1 Å². The Kier molecular flexibility index (Phi) is 7.42. The summed E-state index contributed by atoms with van der Waals surface area (Å²) in [4.78, 5) is 2.40. The Labute approximate surface area is 168 Å². The van der Waals surface area contributed by atoms with E-state index in [0.717, 1.165) is 38.8 Å². The highest BCUT2D eigenvalue weighted by Gasteiger charge is 2.28. The largest absolute Gasteiger partial charge is 0.302 e. The second kappa shape index (κ2) is 9.78. The Balaban J connectivity index is 1.43. The first-order valence-electron chi connectivity index (χ1n) is 9.71. The van der Waals surface area contributed by atoms with Gasteiger partial charge in [-0.3, -0.25) is 0 Å². The smallest absolute Gasteiger partial charge is 0.0505 e. The van der Waals surface area contributed by atoms with E-state index in [0.29, 0.717) is 5.92 Å². The molecular weight excluding hydrogens is 361 g/mol. The summed E-state index contributed by atoms with van der Waals surface area (Å²) < 4.78 is 0. The van der Waals surface area contributed by atoms with Crippen molar-refractivity contribution >= 4 is 23.2 Å². The summed E-state index contributed by atoms with van der Waals surface area (Å²) in [5.41, 5.74) is 4.23. The molecule has 1 aliphatic carbocycles. The van der Waals surface area contributed by atoms with Crippen molar-refractivity contribution in [2.45, 2.75) is 55.3 Å². The molecule has 0 amide bonds. The molecule has 0 radical (unpaired) electrons. The molecule has 1 aliphatic rings. The molecule has 0 heterocycles. The van der Waals surface area contributed by atoms with Crippen molar-refractivity contribution in [3.63, 3.8) is 0 Å². The Morgan fingerprint density at radius 1 is 0.885 bits per heavy atom. The van der Waals surface area contributed by atoms with Gasteiger partial charge in [-0.1, -0.05) is 54.6 Å². The number of aryl methyl sites for hydroxylation is 1. The van der Waals surface area contributed by atoms with Gasteiger partial charge in [0.2, 0.25) is 0 Å². The number of rotatable bonds is 7. The summed E-state index contributed by atoms with van der Waals surface area (Å²) in [6.45, 7) is 2.13. The summed E-state index contributed by atoms with van der Waals surface area (Å²) in [6.07, 6.45) is 5.49. The van der Waals surface area contributed by atoms with Crippen LogP contribution in [0, 0.1) is 0 Å². The fourth-order valence-electron chi connectivity index (χ4n) is 3.87. The van der Waals surface area contributed by atoms with Gasteiger partial charge in [-0.15, -0.1) is 23.2 Å². The highest BCUT2D eigenvalue weighted by Crippen LogP contribution is 2.37. The number of halogens is 2. The normalized spacial score (nSPS) is 23.3. The summed E-state index contributed by atoms with van der Waals surface area (Å²) >= 11 is 12.6. The third kappa shape index (κ3) is 5.74. The maximum Gasteiger partial charge on any atom is 0.0505 e. The second-order valence-corrected chi connectivity index (χ2v) is 8.73.